The minimum Gasteiger partial charge on any atom is -0.305 e. The van der Waals surface area contributed by atoms with Gasteiger partial charge in [-0.3, -0.25) is 9.48 Å². The number of aryl methyl sites for hydroxylation is 2. The van der Waals surface area contributed by atoms with E-state index in [0.29, 0.717) is 39.1 Å². The van der Waals surface area contributed by atoms with Gasteiger partial charge in [0.05, 0.1) is 10.4 Å². The minimum absolute atomic E-state index is 0.291. The molecule has 0 aliphatic rings. The van der Waals surface area contributed by atoms with Crippen molar-refractivity contribution in [2.24, 2.45) is 0 Å². The number of halogens is 1. The highest BCUT2D eigenvalue weighted by Crippen LogP contribution is 2.28. The molecule has 0 spiro atoms. The number of amides is 1. The molecule has 0 bridgehead atoms. The van der Waals surface area contributed by atoms with Gasteiger partial charge in [-0.25, -0.2) is 9.37 Å². The number of nitrogens with one attached hydrogen (secondary N) is 1. The number of nitrogens with zero attached hydrogens (tertiary/aromatic N) is 5. The van der Waals surface area contributed by atoms with E-state index >= 15 is 0 Å². The van der Waals surface area contributed by atoms with Crippen molar-refractivity contribution in [1.82, 2.24) is 24.5 Å². The van der Waals surface area contributed by atoms with Gasteiger partial charge >= 0.3 is 0 Å². The number of carbonyl (C=O) groups excluding carboxylic acids is 1. The first-order valence-electron chi connectivity index (χ1n) is 8.02. The van der Waals surface area contributed by atoms with Crippen LogP contribution in [0.3, 0.4) is 0 Å². The second-order valence-electron chi connectivity index (χ2n) is 5.68. The molecular formula is C17H15FN6OS. The number of benzene rings is 1. The molecule has 4 rings (SSSR count). The SMILES string of the molecule is CCn1ccc(C(=O)Nc2cc(C)nn2-c2nc3c(F)cccc3s2)n1. The van der Waals surface area contributed by atoms with Gasteiger partial charge in [-0.1, -0.05) is 17.4 Å². The number of anilines is 1. The second-order valence-corrected chi connectivity index (χ2v) is 6.69. The van der Waals surface area contributed by atoms with Crippen molar-refractivity contribution in [3.05, 3.63) is 53.7 Å². The number of aromatic nitrogens is 5. The number of fused-ring (bicyclic) bond motifs is 1. The Balaban J connectivity index is 1.69. The lowest BCUT2D eigenvalue weighted by Gasteiger charge is -2.04. The molecule has 9 heteroatoms. The van der Waals surface area contributed by atoms with E-state index in [-0.39, 0.29) is 11.7 Å². The molecule has 0 atom stereocenters. The highest BCUT2D eigenvalue weighted by molar-refractivity contribution is 7.20. The molecule has 132 valence electrons. The molecule has 3 aromatic heterocycles. The maximum atomic E-state index is 13.9. The van der Waals surface area contributed by atoms with E-state index in [2.05, 4.69) is 20.5 Å². The van der Waals surface area contributed by atoms with Crippen molar-refractivity contribution in [3.63, 3.8) is 0 Å². The summed E-state index contributed by atoms with van der Waals surface area (Å²) in [7, 11) is 0. The van der Waals surface area contributed by atoms with Crippen molar-refractivity contribution in [3.8, 4) is 5.13 Å². The monoisotopic (exact) mass is 370 g/mol. The van der Waals surface area contributed by atoms with Gasteiger partial charge in [-0.2, -0.15) is 14.9 Å². The van der Waals surface area contributed by atoms with Gasteiger partial charge in [-0.05, 0) is 32.0 Å². The third-order valence-corrected chi connectivity index (χ3v) is 4.81. The summed E-state index contributed by atoms with van der Waals surface area (Å²) in [5.41, 5.74) is 1.31. The standard InChI is InChI=1S/C17H15FN6OS/c1-3-23-8-7-12(22-23)16(25)19-14-9-10(2)21-24(14)17-20-15-11(18)5-4-6-13(15)26-17/h4-9H,3H2,1-2H3,(H,19,25). The van der Waals surface area contributed by atoms with Crippen LogP contribution in [0.15, 0.2) is 36.5 Å². The van der Waals surface area contributed by atoms with E-state index in [1.165, 1.54) is 22.1 Å². The zero-order valence-corrected chi connectivity index (χ0v) is 14.9. The van der Waals surface area contributed by atoms with Gasteiger partial charge in [0.15, 0.2) is 5.69 Å². The van der Waals surface area contributed by atoms with Gasteiger partial charge in [-0.15, -0.1) is 0 Å². The molecule has 7 nitrogen and oxygen atoms in total. The van der Waals surface area contributed by atoms with Crippen LogP contribution in [0.25, 0.3) is 15.3 Å². The summed E-state index contributed by atoms with van der Waals surface area (Å²) in [6, 6.07) is 8.19. The molecule has 0 saturated carbocycles. The lowest BCUT2D eigenvalue weighted by atomic mass is 10.3. The number of hydrogen-bond donors (Lipinski definition) is 1. The Bertz CT molecular complexity index is 1110. The zero-order chi connectivity index (χ0) is 18.3. The molecule has 0 unspecified atom stereocenters. The van der Waals surface area contributed by atoms with E-state index in [4.69, 9.17) is 0 Å². The average Bonchev–Trinajstić information content (AvgIpc) is 3.32. The maximum Gasteiger partial charge on any atom is 0.277 e. The van der Waals surface area contributed by atoms with Gasteiger partial charge in [0, 0.05) is 18.8 Å². The highest BCUT2D eigenvalue weighted by atomic mass is 32.1. The fourth-order valence-electron chi connectivity index (χ4n) is 2.57. The van der Waals surface area contributed by atoms with Crippen molar-refractivity contribution in [2.75, 3.05) is 5.32 Å². The van der Waals surface area contributed by atoms with Crippen LogP contribution in [0.5, 0.6) is 0 Å². The Morgan fingerprint density at radius 1 is 1.31 bits per heavy atom. The van der Waals surface area contributed by atoms with E-state index in [1.54, 1.807) is 35.1 Å². The largest absolute Gasteiger partial charge is 0.305 e. The smallest absolute Gasteiger partial charge is 0.277 e. The first-order chi connectivity index (χ1) is 12.5. The topological polar surface area (TPSA) is 77.6 Å². The summed E-state index contributed by atoms with van der Waals surface area (Å²) < 4.78 is 17.8. The summed E-state index contributed by atoms with van der Waals surface area (Å²) in [5, 5.41) is 11.8. The summed E-state index contributed by atoms with van der Waals surface area (Å²) in [6.45, 7) is 4.44. The average molecular weight is 370 g/mol. The van der Waals surface area contributed by atoms with E-state index < -0.39 is 0 Å². The molecule has 26 heavy (non-hydrogen) atoms. The zero-order valence-electron chi connectivity index (χ0n) is 14.1. The Hall–Kier alpha value is -3.07. The van der Waals surface area contributed by atoms with Crippen LogP contribution >= 0.6 is 11.3 Å². The van der Waals surface area contributed by atoms with Crippen molar-refractivity contribution >= 4 is 33.3 Å². The van der Waals surface area contributed by atoms with Crippen LogP contribution in [0.2, 0.25) is 0 Å². The van der Waals surface area contributed by atoms with E-state index in [1.807, 2.05) is 13.8 Å². The molecule has 0 fully saturated rings. The number of thiazole rings is 1. The molecule has 1 aromatic carbocycles. The van der Waals surface area contributed by atoms with Crippen molar-refractivity contribution in [2.45, 2.75) is 20.4 Å². The van der Waals surface area contributed by atoms with Crippen LogP contribution in [0.1, 0.15) is 23.1 Å². The summed E-state index contributed by atoms with van der Waals surface area (Å²) in [6.07, 6.45) is 1.74. The predicted molar refractivity (Wildman–Crippen MR) is 97.3 cm³/mol. The summed E-state index contributed by atoms with van der Waals surface area (Å²) in [5.74, 6) is -0.270. The van der Waals surface area contributed by atoms with Crippen LogP contribution in [0, 0.1) is 12.7 Å². The van der Waals surface area contributed by atoms with Gasteiger partial charge in [0.1, 0.15) is 17.2 Å². The molecular weight excluding hydrogens is 355 g/mol. The van der Waals surface area contributed by atoms with E-state index in [9.17, 15) is 9.18 Å². The molecule has 4 aromatic rings. The Morgan fingerprint density at radius 2 is 2.15 bits per heavy atom. The molecule has 0 aliphatic heterocycles. The van der Waals surface area contributed by atoms with Gasteiger partial charge in [0.25, 0.3) is 5.91 Å². The van der Waals surface area contributed by atoms with Crippen molar-refractivity contribution < 1.29 is 9.18 Å². The van der Waals surface area contributed by atoms with Gasteiger partial charge in [0.2, 0.25) is 5.13 Å². The maximum absolute atomic E-state index is 13.9. The first kappa shape index (κ1) is 16.4. The quantitative estimate of drug-likeness (QED) is 0.597. The summed E-state index contributed by atoms with van der Waals surface area (Å²) in [4.78, 5) is 16.8. The Morgan fingerprint density at radius 3 is 2.88 bits per heavy atom. The van der Waals surface area contributed by atoms with Crippen LogP contribution in [0.4, 0.5) is 10.2 Å². The Labute approximate surface area is 152 Å². The lowest BCUT2D eigenvalue weighted by Crippen LogP contribution is -2.16. The van der Waals surface area contributed by atoms with Crippen LogP contribution < -0.4 is 5.32 Å². The number of carbonyl (C=O) groups is 1. The fourth-order valence-corrected chi connectivity index (χ4v) is 3.51. The number of para-hydroxylation sites is 1. The normalized spacial score (nSPS) is 11.2. The molecule has 3 heterocycles. The minimum atomic E-state index is -0.385. The van der Waals surface area contributed by atoms with Crippen molar-refractivity contribution in [1.29, 1.82) is 0 Å². The van der Waals surface area contributed by atoms with E-state index in [0.717, 1.165) is 0 Å². The molecule has 0 radical (unpaired) electrons. The predicted octanol–water partition coefficient (Wildman–Crippen LogP) is 3.40. The van der Waals surface area contributed by atoms with Crippen LogP contribution in [-0.2, 0) is 6.54 Å². The molecule has 0 aliphatic carbocycles. The highest BCUT2D eigenvalue weighted by Gasteiger charge is 2.17. The van der Waals surface area contributed by atoms with Gasteiger partial charge < -0.3 is 5.32 Å². The summed E-state index contributed by atoms with van der Waals surface area (Å²) >= 11 is 1.30. The lowest BCUT2D eigenvalue weighted by molar-refractivity contribution is 0.102. The number of rotatable bonds is 4. The third-order valence-electron chi connectivity index (χ3n) is 3.81. The first-order valence-corrected chi connectivity index (χ1v) is 8.83. The Kier molecular flexibility index (Phi) is 4.00. The second kappa shape index (κ2) is 6.34. The molecule has 1 amide bonds. The fraction of sp³-hybridized carbons (Fsp3) is 0.176. The molecule has 0 saturated heterocycles. The third kappa shape index (κ3) is 2.86. The number of hydrogen-bond acceptors (Lipinski definition) is 5. The van der Waals surface area contributed by atoms with Crippen LogP contribution in [-0.4, -0.2) is 30.5 Å². The molecule has 1 N–H and O–H groups in total.